The van der Waals surface area contributed by atoms with Crippen LogP contribution in [0.15, 0.2) is 0 Å². The van der Waals surface area contributed by atoms with Gasteiger partial charge in [-0.1, -0.05) is 13.8 Å². The molecule has 0 heterocycles. The summed E-state index contributed by atoms with van der Waals surface area (Å²) in [7, 11) is 0. The second-order valence-electron chi connectivity index (χ2n) is 3.98. The molecule has 0 aliphatic heterocycles. The number of rotatable bonds is 6. The highest BCUT2D eigenvalue weighted by molar-refractivity contribution is 5.81. The molecule has 1 amide bonds. The average Bonchev–Trinajstić information content (AvgIpc) is 2.15. The number of amides is 1. The summed E-state index contributed by atoms with van der Waals surface area (Å²) >= 11 is 0. The van der Waals surface area contributed by atoms with E-state index in [0.717, 1.165) is 0 Å². The van der Waals surface area contributed by atoms with E-state index in [-0.39, 0.29) is 25.7 Å². The van der Waals surface area contributed by atoms with E-state index in [1.54, 1.807) is 0 Å². The molecule has 16 heavy (non-hydrogen) atoms. The van der Waals surface area contributed by atoms with Crippen LogP contribution < -0.4 is 11.5 Å². The van der Waals surface area contributed by atoms with Crippen molar-refractivity contribution in [1.29, 1.82) is 0 Å². The first kappa shape index (κ1) is 17.2. The van der Waals surface area contributed by atoms with Gasteiger partial charge in [-0.25, -0.2) is 0 Å². The number of hydrogen-bond donors (Lipinski definition) is 5. The molecule has 7 heteroatoms. The number of carboxylic acid groups (broad SMARTS) is 1. The van der Waals surface area contributed by atoms with Crippen LogP contribution in [0.25, 0.3) is 0 Å². The zero-order valence-corrected chi connectivity index (χ0v) is 9.56. The van der Waals surface area contributed by atoms with E-state index in [1.807, 2.05) is 0 Å². The van der Waals surface area contributed by atoms with Crippen LogP contribution in [0.4, 0.5) is 0 Å². The highest BCUT2D eigenvalue weighted by atomic mass is 16.4. The predicted octanol–water partition coefficient (Wildman–Crippen LogP) is -0.881. The second kappa shape index (κ2) is 7.15. The van der Waals surface area contributed by atoms with Gasteiger partial charge in [0.15, 0.2) is 0 Å². The monoisotopic (exact) mass is 236 g/mol. The lowest BCUT2D eigenvalue weighted by Gasteiger charge is -2.26. The van der Waals surface area contributed by atoms with Crippen LogP contribution in [0.1, 0.15) is 20.3 Å². The molecule has 0 aromatic heterocycles. The van der Waals surface area contributed by atoms with Gasteiger partial charge in [0.1, 0.15) is 6.10 Å². The van der Waals surface area contributed by atoms with Crippen molar-refractivity contribution in [3.8, 4) is 0 Å². The fraction of sp³-hybridized carbons (Fsp3) is 0.778. The van der Waals surface area contributed by atoms with Crippen LogP contribution in [0.3, 0.4) is 0 Å². The van der Waals surface area contributed by atoms with E-state index in [2.05, 4.69) is 5.32 Å². The minimum absolute atomic E-state index is 0. The van der Waals surface area contributed by atoms with Crippen LogP contribution in [-0.2, 0) is 9.59 Å². The van der Waals surface area contributed by atoms with Crippen molar-refractivity contribution >= 4 is 11.9 Å². The number of nitrogens with one attached hydrogen (secondary N) is 1. The maximum atomic E-state index is 11.3. The SMILES string of the molecule is CC(C)(CO)C(O)C(=O)NCCC(=O)O.N. The quantitative estimate of drug-likeness (QED) is 0.405. The third-order valence-corrected chi connectivity index (χ3v) is 2.03. The maximum absolute atomic E-state index is 11.3. The van der Waals surface area contributed by atoms with Gasteiger partial charge in [-0.3, -0.25) is 9.59 Å². The molecule has 0 fully saturated rings. The average molecular weight is 236 g/mol. The zero-order chi connectivity index (χ0) is 12.1. The van der Waals surface area contributed by atoms with E-state index >= 15 is 0 Å². The molecule has 7 N–H and O–H groups in total. The molecule has 0 aromatic rings. The molecule has 96 valence electrons. The Bertz CT molecular complexity index is 242. The third-order valence-electron chi connectivity index (χ3n) is 2.03. The lowest BCUT2D eigenvalue weighted by molar-refractivity contribution is -0.138. The summed E-state index contributed by atoms with van der Waals surface area (Å²) in [4.78, 5) is 21.4. The van der Waals surface area contributed by atoms with Crippen LogP contribution in [0.2, 0.25) is 0 Å². The van der Waals surface area contributed by atoms with Gasteiger partial charge in [-0.2, -0.15) is 0 Å². The summed E-state index contributed by atoms with van der Waals surface area (Å²) in [6, 6.07) is 0. The van der Waals surface area contributed by atoms with E-state index in [4.69, 9.17) is 10.2 Å². The Labute approximate surface area is 94.1 Å². The van der Waals surface area contributed by atoms with Gasteiger partial charge in [0, 0.05) is 12.0 Å². The van der Waals surface area contributed by atoms with Gasteiger partial charge < -0.3 is 26.8 Å². The number of carbonyl (C=O) groups is 2. The molecule has 0 radical (unpaired) electrons. The molecule has 0 aliphatic carbocycles. The molecular weight excluding hydrogens is 216 g/mol. The minimum atomic E-state index is -1.35. The van der Waals surface area contributed by atoms with Gasteiger partial charge >= 0.3 is 5.97 Å². The second-order valence-corrected chi connectivity index (χ2v) is 3.98. The molecule has 0 aromatic carbocycles. The number of aliphatic carboxylic acids is 1. The van der Waals surface area contributed by atoms with Crippen molar-refractivity contribution in [2.45, 2.75) is 26.4 Å². The summed E-state index contributed by atoms with van der Waals surface area (Å²) in [6.45, 7) is 2.70. The smallest absolute Gasteiger partial charge is 0.305 e. The van der Waals surface area contributed by atoms with E-state index in [0.29, 0.717) is 0 Å². The van der Waals surface area contributed by atoms with Gasteiger partial charge in [0.2, 0.25) is 5.91 Å². The predicted molar refractivity (Wildman–Crippen MR) is 57.2 cm³/mol. The molecule has 0 bridgehead atoms. The number of aliphatic hydroxyl groups is 2. The summed E-state index contributed by atoms with van der Waals surface area (Å²) in [5, 5.41) is 29.0. The normalized spacial score (nSPS) is 12.5. The minimum Gasteiger partial charge on any atom is -0.481 e. The number of carbonyl (C=O) groups excluding carboxylic acids is 1. The molecule has 1 unspecified atom stereocenters. The lowest BCUT2D eigenvalue weighted by Crippen LogP contribution is -2.45. The summed E-state index contributed by atoms with van der Waals surface area (Å²) < 4.78 is 0. The molecule has 0 spiro atoms. The lowest BCUT2D eigenvalue weighted by atomic mass is 9.87. The molecular formula is C9H20N2O5. The Hall–Kier alpha value is -1.18. The van der Waals surface area contributed by atoms with Gasteiger partial charge in [-0.15, -0.1) is 0 Å². The first-order valence-electron chi connectivity index (χ1n) is 4.59. The van der Waals surface area contributed by atoms with E-state index in [1.165, 1.54) is 13.8 Å². The van der Waals surface area contributed by atoms with Crippen molar-refractivity contribution in [1.82, 2.24) is 11.5 Å². The molecule has 0 saturated carbocycles. The number of aliphatic hydroxyl groups excluding tert-OH is 2. The van der Waals surface area contributed by atoms with E-state index in [9.17, 15) is 14.7 Å². The third kappa shape index (κ3) is 5.64. The zero-order valence-electron chi connectivity index (χ0n) is 9.56. The Balaban J connectivity index is 0. The molecule has 0 saturated heterocycles. The van der Waals surface area contributed by atoms with Gasteiger partial charge in [0.25, 0.3) is 0 Å². The van der Waals surface area contributed by atoms with Crippen LogP contribution in [0, 0.1) is 5.41 Å². The Kier molecular flexibility index (Phi) is 7.70. The number of hydrogen-bond acceptors (Lipinski definition) is 5. The van der Waals surface area contributed by atoms with Crippen LogP contribution >= 0.6 is 0 Å². The molecule has 1 atom stereocenters. The van der Waals surface area contributed by atoms with Crippen LogP contribution in [0.5, 0.6) is 0 Å². The first-order chi connectivity index (χ1) is 6.81. The fourth-order valence-electron chi connectivity index (χ4n) is 0.831. The molecule has 7 nitrogen and oxygen atoms in total. The standard InChI is InChI=1S/C9H17NO5.H3N/c1-9(2,5-11)7(14)8(15)10-4-3-6(12)13;/h7,11,14H,3-5H2,1-2H3,(H,10,15)(H,12,13);1H3. The van der Waals surface area contributed by atoms with Gasteiger partial charge in [-0.05, 0) is 0 Å². The summed E-state index contributed by atoms with van der Waals surface area (Å²) in [6.07, 6.45) is -1.55. The molecule has 0 rings (SSSR count). The van der Waals surface area contributed by atoms with E-state index < -0.39 is 23.4 Å². The topological polar surface area (TPSA) is 142 Å². The van der Waals surface area contributed by atoms with Crippen molar-refractivity contribution in [2.24, 2.45) is 5.41 Å². The Morgan fingerprint density at radius 2 is 1.88 bits per heavy atom. The van der Waals surface area contributed by atoms with Gasteiger partial charge in [0.05, 0.1) is 13.0 Å². The summed E-state index contributed by atoms with van der Waals surface area (Å²) in [5.41, 5.74) is -0.937. The molecule has 0 aliphatic rings. The first-order valence-corrected chi connectivity index (χ1v) is 4.59. The maximum Gasteiger partial charge on any atom is 0.305 e. The number of carboxylic acids is 1. The largest absolute Gasteiger partial charge is 0.481 e. The van der Waals surface area contributed by atoms with Crippen molar-refractivity contribution in [2.75, 3.05) is 13.2 Å². The fourth-order valence-corrected chi connectivity index (χ4v) is 0.831. The Morgan fingerprint density at radius 1 is 1.38 bits per heavy atom. The summed E-state index contributed by atoms with van der Waals surface area (Å²) in [5.74, 6) is -1.69. The van der Waals surface area contributed by atoms with Crippen molar-refractivity contribution in [3.63, 3.8) is 0 Å². The highest BCUT2D eigenvalue weighted by Gasteiger charge is 2.32. The van der Waals surface area contributed by atoms with Crippen molar-refractivity contribution < 1.29 is 24.9 Å². The Morgan fingerprint density at radius 3 is 2.25 bits per heavy atom. The van der Waals surface area contributed by atoms with Crippen LogP contribution in [-0.4, -0.2) is 46.5 Å². The van der Waals surface area contributed by atoms with Crippen molar-refractivity contribution in [3.05, 3.63) is 0 Å². The highest BCUT2D eigenvalue weighted by Crippen LogP contribution is 2.19.